The Morgan fingerprint density at radius 3 is 2.71 bits per heavy atom. The molecule has 0 radical (unpaired) electrons. The maximum absolute atomic E-state index is 4.17. The molecule has 0 aliphatic carbocycles. The summed E-state index contributed by atoms with van der Waals surface area (Å²) in [7, 11) is 2.01. The van der Waals surface area contributed by atoms with Crippen LogP contribution in [-0.2, 0) is 13.5 Å². The third kappa shape index (κ3) is 2.84. The Balaban J connectivity index is 2.52. The molecule has 1 heterocycles. The number of aryl methyl sites for hydroxylation is 2. The molecule has 0 aliphatic heterocycles. The highest BCUT2D eigenvalue weighted by atomic mass is 79.9. The summed E-state index contributed by atoms with van der Waals surface area (Å²) in [5, 5.41) is 5.25. The van der Waals surface area contributed by atoms with Crippen molar-refractivity contribution in [3.05, 3.63) is 18.0 Å². The van der Waals surface area contributed by atoms with Crippen molar-refractivity contribution in [1.29, 1.82) is 0 Å². The van der Waals surface area contributed by atoms with Crippen molar-refractivity contribution < 1.29 is 0 Å². The lowest BCUT2D eigenvalue weighted by molar-refractivity contribution is 0.330. The highest BCUT2D eigenvalue weighted by Gasteiger charge is 2.20. The quantitative estimate of drug-likeness (QED) is 0.743. The molecule has 80 valence electrons. The van der Waals surface area contributed by atoms with Crippen molar-refractivity contribution >= 4 is 15.9 Å². The third-order valence-corrected chi connectivity index (χ3v) is 4.44. The summed E-state index contributed by atoms with van der Waals surface area (Å²) in [4.78, 5) is 0. The number of aromatic nitrogens is 2. The van der Waals surface area contributed by atoms with Crippen LogP contribution in [0, 0.1) is 5.41 Å². The van der Waals surface area contributed by atoms with Crippen LogP contribution in [0.2, 0.25) is 0 Å². The Morgan fingerprint density at radius 1 is 1.57 bits per heavy atom. The van der Waals surface area contributed by atoms with Crippen LogP contribution in [0.3, 0.4) is 0 Å². The van der Waals surface area contributed by atoms with Crippen LogP contribution < -0.4 is 0 Å². The zero-order chi connectivity index (χ0) is 10.6. The molecule has 1 aromatic rings. The Labute approximate surface area is 94.8 Å². The van der Waals surface area contributed by atoms with Crippen LogP contribution in [0.15, 0.2) is 12.3 Å². The van der Waals surface area contributed by atoms with E-state index < -0.39 is 0 Å². The molecule has 0 aliphatic rings. The molecular weight excluding hydrogens is 240 g/mol. The molecule has 1 atom stereocenters. The topological polar surface area (TPSA) is 17.8 Å². The van der Waals surface area contributed by atoms with Gasteiger partial charge in [-0.15, -0.1) is 0 Å². The van der Waals surface area contributed by atoms with E-state index in [9.17, 15) is 0 Å². The van der Waals surface area contributed by atoms with Gasteiger partial charge in [0.2, 0.25) is 0 Å². The highest BCUT2D eigenvalue weighted by Crippen LogP contribution is 2.29. The van der Waals surface area contributed by atoms with E-state index in [0.717, 1.165) is 11.8 Å². The molecule has 0 fully saturated rings. The fourth-order valence-electron chi connectivity index (χ4n) is 1.41. The number of hydrogen-bond acceptors (Lipinski definition) is 1. The van der Waals surface area contributed by atoms with Gasteiger partial charge in [-0.25, -0.2) is 0 Å². The van der Waals surface area contributed by atoms with Crippen LogP contribution in [0.1, 0.15) is 32.4 Å². The summed E-state index contributed by atoms with van der Waals surface area (Å²) in [6.45, 7) is 4.59. The lowest BCUT2D eigenvalue weighted by Gasteiger charge is -2.25. The molecule has 1 rings (SSSR count). The first-order valence-electron chi connectivity index (χ1n) is 5.14. The minimum atomic E-state index is 0.421. The van der Waals surface area contributed by atoms with Crippen molar-refractivity contribution in [2.75, 3.05) is 5.33 Å². The van der Waals surface area contributed by atoms with Gasteiger partial charge in [0, 0.05) is 24.3 Å². The van der Waals surface area contributed by atoms with Gasteiger partial charge in [0.15, 0.2) is 0 Å². The van der Waals surface area contributed by atoms with Crippen molar-refractivity contribution in [2.24, 2.45) is 12.5 Å². The van der Waals surface area contributed by atoms with E-state index in [-0.39, 0.29) is 0 Å². The van der Waals surface area contributed by atoms with E-state index >= 15 is 0 Å². The SMILES string of the molecule is CCC(C)(CBr)CCc1ccnn1C. The van der Waals surface area contributed by atoms with Crippen LogP contribution in [-0.4, -0.2) is 15.1 Å². The van der Waals surface area contributed by atoms with Gasteiger partial charge >= 0.3 is 0 Å². The number of nitrogens with zero attached hydrogens (tertiary/aromatic N) is 2. The van der Waals surface area contributed by atoms with Gasteiger partial charge in [0.25, 0.3) is 0 Å². The first-order valence-corrected chi connectivity index (χ1v) is 6.26. The Bertz CT molecular complexity index is 277. The zero-order valence-corrected chi connectivity index (χ0v) is 10.8. The number of halogens is 1. The standard InChI is InChI=1S/C11H19BrN2/c1-4-11(2,9-12)7-5-10-6-8-13-14(10)3/h6,8H,4-5,7,9H2,1-3H3. The Morgan fingerprint density at radius 2 is 2.29 bits per heavy atom. The Hall–Kier alpha value is -0.310. The number of rotatable bonds is 5. The smallest absolute Gasteiger partial charge is 0.0492 e. The molecule has 0 amide bonds. The minimum absolute atomic E-state index is 0.421. The van der Waals surface area contributed by atoms with Crippen LogP contribution >= 0.6 is 15.9 Å². The van der Waals surface area contributed by atoms with Crippen molar-refractivity contribution in [2.45, 2.75) is 33.1 Å². The maximum Gasteiger partial charge on any atom is 0.0492 e. The monoisotopic (exact) mass is 258 g/mol. The maximum atomic E-state index is 4.17. The molecule has 0 bridgehead atoms. The third-order valence-electron chi connectivity index (χ3n) is 3.08. The van der Waals surface area contributed by atoms with Gasteiger partial charge in [-0.1, -0.05) is 29.8 Å². The van der Waals surface area contributed by atoms with Crippen LogP contribution in [0.4, 0.5) is 0 Å². The van der Waals surface area contributed by atoms with E-state index in [1.807, 2.05) is 17.9 Å². The van der Waals surface area contributed by atoms with Gasteiger partial charge in [-0.3, -0.25) is 4.68 Å². The predicted octanol–water partition coefficient (Wildman–Crippen LogP) is 3.16. The first kappa shape index (κ1) is 11.8. The lowest BCUT2D eigenvalue weighted by Crippen LogP contribution is -2.18. The van der Waals surface area contributed by atoms with E-state index in [0.29, 0.717) is 5.41 Å². The molecule has 0 saturated carbocycles. The predicted molar refractivity (Wildman–Crippen MR) is 63.7 cm³/mol. The van der Waals surface area contributed by atoms with E-state index in [1.165, 1.54) is 18.5 Å². The molecule has 0 saturated heterocycles. The van der Waals surface area contributed by atoms with E-state index in [4.69, 9.17) is 0 Å². The molecule has 0 spiro atoms. The summed E-state index contributed by atoms with van der Waals surface area (Å²) >= 11 is 3.59. The average molecular weight is 259 g/mol. The molecule has 0 aromatic carbocycles. The fourth-order valence-corrected chi connectivity index (χ4v) is 2.09. The van der Waals surface area contributed by atoms with Crippen LogP contribution in [0.25, 0.3) is 0 Å². The second kappa shape index (κ2) is 4.96. The summed E-state index contributed by atoms with van der Waals surface area (Å²) in [5.74, 6) is 0. The summed E-state index contributed by atoms with van der Waals surface area (Å²) in [6, 6.07) is 2.10. The van der Waals surface area contributed by atoms with Gasteiger partial charge < -0.3 is 0 Å². The normalized spacial score (nSPS) is 15.4. The Kier molecular flexibility index (Phi) is 4.17. The second-order valence-corrected chi connectivity index (χ2v) is 4.80. The largest absolute Gasteiger partial charge is 0.273 e. The van der Waals surface area contributed by atoms with Crippen molar-refractivity contribution in [1.82, 2.24) is 9.78 Å². The lowest BCUT2D eigenvalue weighted by atomic mass is 9.84. The summed E-state index contributed by atoms with van der Waals surface area (Å²) in [6.07, 6.45) is 5.42. The average Bonchev–Trinajstić information content (AvgIpc) is 2.61. The van der Waals surface area contributed by atoms with Gasteiger partial charge in [-0.2, -0.15) is 5.10 Å². The fraction of sp³-hybridized carbons (Fsp3) is 0.727. The molecule has 1 aromatic heterocycles. The molecule has 3 heteroatoms. The molecule has 1 unspecified atom stereocenters. The molecule has 2 nitrogen and oxygen atoms in total. The van der Waals surface area contributed by atoms with E-state index in [1.54, 1.807) is 0 Å². The summed E-state index contributed by atoms with van der Waals surface area (Å²) < 4.78 is 1.96. The van der Waals surface area contributed by atoms with Gasteiger partial charge in [0.05, 0.1) is 0 Å². The zero-order valence-electron chi connectivity index (χ0n) is 9.26. The molecular formula is C11H19BrN2. The number of alkyl halides is 1. The van der Waals surface area contributed by atoms with Gasteiger partial charge in [-0.05, 0) is 30.7 Å². The van der Waals surface area contributed by atoms with Crippen molar-refractivity contribution in [3.63, 3.8) is 0 Å². The van der Waals surface area contributed by atoms with Gasteiger partial charge in [0.1, 0.15) is 0 Å². The van der Waals surface area contributed by atoms with E-state index in [2.05, 4.69) is 40.9 Å². The molecule has 0 N–H and O–H groups in total. The van der Waals surface area contributed by atoms with Crippen LogP contribution in [0.5, 0.6) is 0 Å². The van der Waals surface area contributed by atoms with Crippen molar-refractivity contribution in [3.8, 4) is 0 Å². The first-order chi connectivity index (χ1) is 6.61. The summed E-state index contributed by atoms with van der Waals surface area (Å²) in [5.41, 5.74) is 1.75. The number of hydrogen-bond donors (Lipinski definition) is 0. The minimum Gasteiger partial charge on any atom is -0.273 e. The second-order valence-electron chi connectivity index (χ2n) is 4.24. The highest BCUT2D eigenvalue weighted by molar-refractivity contribution is 9.09. The molecule has 14 heavy (non-hydrogen) atoms.